The van der Waals surface area contributed by atoms with Gasteiger partial charge in [-0.15, -0.1) is 0 Å². The third-order valence-corrected chi connectivity index (χ3v) is 6.86. The predicted molar refractivity (Wildman–Crippen MR) is 147 cm³/mol. The molecule has 0 saturated carbocycles. The molecule has 0 aromatic heterocycles. The van der Waals surface area contributed by atoms with Crippen molar-refractivity contribution >= 4 is 54.6 Å². The molecule has 2 nitrogen and oxygen atoms in total. The largest absolute Gasteiger partial charge is 0.397 e. The van der Waals surface area contributed by atoms with E-state index in [4.69, 9.17) is 5.73 Å². The summed E-state index contributed by atoms with van der Waals surface area (Å²) in [6, 6.07) is 35.6. The van der Waals surface area contributed by atoms with Gasteiger partial charge in [-0.25, -0.2) is 0 Å². The minimum absolute atomic E-state index is 0.129. The van der Waals surface area contributed by atoms with Crippen LogP contribution in [0.3, 0.4) is 0 Å². The van der Waals surface area contributed by atoms with Crippen molar-refractivity contribution in [2.24, 2.45) is 0 Å². The van der Waals surface area contributed by atoms with Gasteiger partial charge in [0.1, 0.15) is 0 Å². The summed E-state index contributed by atoms with van der Waals surface area (Å²) in [5.41, 5.74) is 13.9. The van der Waals surface area contributed by atoms with E-state index in [1.165, 1.54) is 5.56 Å². The second-order valence-corrected chi connectivity index (χ2v) is 9.78. The number of rotatable bonds is 4. The standard InChI is InChI=1S/C29H22Br2N2/c30-24-14-10-21(11-15-24)28-18-23(20-6-2-1-3-7-20)19-29(22-12-16-25(31)17-13-22)33(28)27-9-5-4-8-26(27)32/h1-19,23H,32H2. The molecule has 1 aliphatic rings. The van der Waals surface area contributed by atoms with Crippen LogP contribution in [0.25, 0.3) is 11.4 Å². The van der Waals surface area contributed by atoms with Crippen molar-refractivity contribution in [3.05, 3.63) is 141 Å². The first-order chi connectivity index (χ1) is 16.1. The molecular formula is C29H22Br2N2. The Hall–Kier alpha value is -3.08. The highest BCUT2D eigenvalue weighted by Gasteiger charge is 2.27. The maximum atomic E-state index is 6.51. The topological polar surface area (TPSA) is 29.3 Å². The van der Waals surface area contributed by atoms with Gasteiger partial charge < -0.3 is 10.6 Å². The van der Waals surface area contributed by atoms with Crippen LogP contribution in [-0.4, -0.2) is 0 Å². The number of para-hydroxylation sites is 2. The van der Waals surface area contributed by atoms with E-state index in [0.717, 1.165) is 42.8 Å². The van der Waals surface area contributed by atoms with Crippen molar-refractivity contribution in [1.82, 2.24) is 0 Å². The highest BCUT2D eigenvalue weighted by atomic mass is 79.9. The van der Waals surface area contributed by atoms with Gasteiger partial charge in [0.25, 0.3) is 0 Å². The van der Waals surface area contributed by atoms with Gasteiger partial charge in [0.2, 0.25) is 0 Å². The monoisotopic (exact) mass is 556 g/mol. The van der Waals surface area contributed by atoms with Crippen molar-refractivity contribution in [2.75, 3.05) is 10.6 Å². The van der Waals surface area contributed by atoms with Crippen LogP contribution in [0.5, 0.6) is 0 Å². The first kappa shape index (κ1) is 21.7. The van der Waals surface area contributed by atoms with Gasteiger partial charge in [-0.05, 0) is 65.2 Å². The molecule has 0 fully saturated rings. The van der Waals surface area contributed by atoms with Crippen molar-refractivity contribution in [3.8, 4) is 0 Å². The minimum atomic E-state index is 0.129. The van der Waals surface area contributed by atoms with E-state index in [2.05, 4.69) is 134 Å². The van der Waals surface area contributed by atoms with Crippen LogP contribution < -0.4 is 10.6 Å². The minimum Gasteiger partial charge on any atom is -0.397 e. The van der Waals surface area contributed by atoms with Crippen LogP contribution in [0.4, 0.5) is 11.4 Å². The van der Waals surface area contributed by atoms with E-state index in [-0.39, 0.29) is 5.92 Å². The summed E-state index contributed by atoms with van der Waals surface area (Å²) in [4.78, 5) is 2.28. The third kappa shape index (κ3) is 4.54. The van der Waals surface area contributed by atoms with Crippen molar-refractivity contribution in [3.63, 3.8) is 0 Å². The smallest absolute Gasteiger partial charge is 0.0691 e. The first-order valence-electron chi connectivity index (χ1n) is 10.8. The number of anilines is 2. The van der Waals surface area contributed by atoms with Crippen molar-refractivity contribution in [2.45, 2.75) is 5.92 Å². The van der Waals surface area contributed by atoms with Crippen LogP contribution in [0.15, 0.2) is 124 Å². The molecule has 1 heterocycles. The van der Waals surface area contributed by atoms with Crippen LogP contribution in [0.1, 0.15) is 22.6 Å². The average molecular weight is 558 g/mol. The van der Waals surface area contributed by atoms with E-state index in [0.29, 0.717) is 0 Å². The number of nitrogen functional groups attached to an aromatic ring is 1. The van der Waals surface area contributed by atoms with E-state index in [1.807, 2.05) is 18.2 Å². The zero-order valence-corrected chi connectivity index (χ0v) is 21.0. The number of nitrogens with zero attached hydrogens (tertiary/aromatic N) is 1. The lowest BCUT2D eigenvalue weighted by Gasteiger charge is -2.36. The van der Waals surface area contributed by atoms with Gasteiger partial charge in [0.05, 0.1) is 22.8 Å². The zero-order chi connectivity index (χ0) is 22.8. The second-order valence-electron chi connectivity index (χ2n) is 7.95. The molecule has 4 heteroatoms. The van der Waals surface area contributed by atoms with Gasteiger partial charge in [-0.2, -0.15) is 0 Å². The molecule has 0 atom stereocenters. The molecule has 0 unspecified atom stereocenters. The average Bonchev–Trinajstić information content (AvgIpc) is 2.85. The van der Waals surface area contributed by atoms with E-state index in [9.17, 15) is 0 Å². The molecule has 2 N–H and O–H groups in total. The Bertz CT molecular complexity index is 1260. The van der Waals surface area contributed by atoms with Gasteiger partial charge in [-0.1, -0.05) is 98.6 Å². The molecule has 0 spiro atoms. The molecule has 5 rings (SSSR count). The molecule has 0 amide bonds. The lowest BCUT2D eigenvalue weighted by molar-refractivity contribution is 1.05. The number of hydrogen-bond acceptors (Lipinski definition) is 2. The summed E-state index contributed by atoms with van der Waals surface area (Å²) in [7, 11) is 0. The van der Waals surface area contributed by atoms with Gasteiger partial charge in [0, 0.05) is 14.9 Å². The molecule has 4 aromatic carbocycles. The first-order valence-corrected chi connectivity index (χ1v) is 12.3. The molecular weight excluding hydrogens is 536 g/mol. The summed E-state index contributed by atoms with van der Waals surface area (Å²) in [5.74, 6) is 0.129. The molecule has 1 aliphatic heterocycles. The Kier molecular flexibility index (Phi) is 6.21. The fraction of sp³-hybridized carbons (Fsp3) is 0.0345. The second kappa shape index (κ2) is 9.42. The Balaban J connectivity index is 1.76. The van der Waals surface area contributed by atoms with Crippen LogP contribution in [0, 0.1) is 0 Å². The van der Waals surface area contributed by atoms with E-state index >= 15 is 0 Å². The molecule has 0 aliphatic carbocycles. The predicted octanol–water partition coefficient (Wildman–Crippen LogP) is 8.48. The highest BCUT2D eigenvalue weighted by Crippen LogP contribution is 2.44. The van der Waals surface area contributed by atoms with Gasteiger partial charge in [0.15, 0.2) is 0 Å². The number of hydrogen-bond donors (Lipinski definition) is 1. The van der Waals surface area contributed by atoms with Crippen LogP contribution >= 0.6 is 31.9 Å². The molecule has 33 heavy (non-hydrogen) atoms. The Morgan fingerprint density at radius 1 is 0.576 bits per heavy atom. The SMILES string of the molecule is Nc1ccccc1N1C(c2ccc(Br)cc2)=CC(c2ccccc2)C=C1c1ccc(Br)cc1. The van der Waals surface area contributed by atoms with Crippen molar-refractivity contribution < 1.29 is 0 Å². The quantitative estimate of drug-likeness (QED) is 0.255. The van der Waals surface area contributed by atoms with Crippen LogP contribution in [-0.2, 0) is 0 Å². The third-order valence-electron chi connectivity index (χ3n) is 5.80. The van der Waals surface area contributed by atoms with Gasteiger partial charge in [-0.3, -0.25) is 0 Å². The van der Waals surface area contributed by atoms with Crippen molar-refractivity contribution in [1.29, 1.82) is 0 Å². The number of halogens is 2. The number of benzene rings is 4. The van der Waals surface area contributed by atoms with Crippen LogP contribution in [0.2, 0.25) is 0 Å². The number of allylic oxidation sites excluding steroid dienone is 2. The Morgan fingerprint density at radius 3 is 1.58 bits per heavy atom. The Labute approximate surface area is 211 Å². The normalized spacial score (nSPS) is 14.1. The molecule has 4 aromatic rings. The maximum Gasteiger partial charge on any atom is 0.0691 e. The molecule has 0 saturated heterocycles. The fourth-order valence-corrected chi connectivity index (χ4v) is 4.71. The zero-order valence-electron chi connectivity index (χ0n) is 17.8. The number of nitrogens with two attached hydrogens (primary N) is 1. The Morgan fingerprint density at radius 2 is 1.06 bits per heavy atom. The maximum absolute atomic E-state index is 6.51. The van der Waals surface area contributed by atoms with Gasteiger partial charge >= 0.3 is 0 Å². The molecule has 0 bridgehead atoms. The van der Waals surface area contributed by atoms with E-state index in [1.54, 1.807) is 0 Å². The van der Waals surface area contributed by atoms with E-state index < -0.39 is 0 Å². The summed E-state index contributed by atoms with van der Waals surface area (Å²) in [6.45, 7) is 0. The lowest BCUT2D eigenvalue weighted by atomic mass is 9.89. The summed E-state index contributed by atoms with van der Waals surface area (Å²) >= 11 is 7.15. The lowest BCUT2D eigenvalue weighted by Crippen LogP contribution is -2.25. The summed E-state index contributed by atoms with van der Waals surface area (Å²) in [6.07, 6.45) is 4.65. The summed E-state index contributed by atoms with van der Waals surface area (Å²) < 4.78 is 2.11. The summed E-state index contributed by atoms with van der Waals surface area (Å²) in [5, 5.41) is 0. The fourth-order valence-electron chi connectivity index (χ4n) is 4.18. The highest BCUT2D eigenvalue weighted by molar-refractivity contribution is 9.10. The molecule has 162 valence electrons. The molecule has 0 radical (unpaired) electrons.